The largest absolute Gasteiger partial charge is 0.444 e. The molecule has 2 aromatic rings. The summed E-state index contributed by atoms with van der Waals surface area (Å²) >= 11 is 3.45. The van der Waals surface area contributed by atoms with Crippen molar-refractivity contribution in [3.8, 4) is 0 Å². The molecule has 0 spiro atoms. The molecule has 1 N–H and O–H groups in total. The second kappa shape index (κ2) is 7.76. The average Bonchev–Trinajstić information content (AvgIpc) is 2.67. The average molecular weight is 416 g/mol. The number of anilines is 1. The van der Waals surface area contributed by atoms with Crippen molar-refractivity contribution in [1.82, 2.24) is 9.88 Å². The van der Waals surface area contributed by atoms with Gasteiger partial charge in [-0.3, -0.25) is 15.2 Å². The van der Waals surface area contributed by atoms with Crippen molar-refractivity contribution < 1.29 is 9.53 Å². The Labute approximate surface area is 161 Å². The van der Waals surface area contributed by atoms with Crippen LogP contribution in [0.25, 0.3) is 0 Å². The molecule has 0 aliphatic carbocycles. The van der Waals surface area contributed by atoms with E-state index in [0.29, 0.717) is 5.92 Å². The Balaban J connectivity index is 1.47. The molecule has 3 aliphatic rings. The topological polar surface area (TPSA) is 54.5 Å². The lowest BCUT2D eigenvalue weighted by Gasteiger charge is -2.50. The van der Waals surface area contributed by atoms with Crippen LogP contribution in [-0.2, 0) is 11.2 Å². The molecular formula is C20H22BrN3O2. The third-order valence-corrected chi connectivity index (χ3v) is 6.10. The van der Waals surface area contributed by atoms with Crippen molar-refractivity contribution in [1.29, 1.82) is 0 Å². The molecule has 4 heterocycles. The molecule has 5 rings (SSSR count). The number of piperidine rings is 3. The molecule has 0 saturated carbocycles. The van der Waals surface area contributed by atoms with Gasteiger partial charge in [-0.25, -0.2) is 4.79 Å². The van der Waals surface area contributed by atoms with E-state index >= 15 is 0 Å². The maximum atomic E-state index is 12.5. The first-order valence-electron chi connectivity index (χ1n) is 9.06. The van der Waals surface area contributed by atoms with Crippen molar-refractivity contribution in [2.75, 3.05) is 18.4 Å². The molecule has 3 saturated heterocycles. The van der Waals surface area contributed by atoms with Gasteiger partial charge in [-0.2, -0.15) is 0 Å². The number of halogens is 1. The van der Waals surface area contributed by atoms with Gasteiger partial charge in [-0.15, -0.1) is 0 Å². The van der Waals surface area contributed by atoms with Crippen LogP contribution < -0.4 is 5.32 Å². The molecule has 1 aromatic heterocycles. The van der Waals surface area contributed by atoms with Crippen LogP contribution in [0.3, 0.4) is 0 Å². The Bertz CT molecular complexity index is 763. The third kappa shape index (κ3) is 3.76. The first-order chi connectivity index (χ1) is 12.7. The van der Waals surface area contributed by atoms with E-state index in [1.807, 2.05) is 36.5 Å². The first-order valence-corrected chi connectivity index (χ1v) is 9.85. The zero-order valence-electron chi connectivity index (χ0n) is 14.5. The molecule has 2 bridgehead atoms. The number of para-hydroxylation sites is 1. The van der Waals surface area contributed by atoms with E-state index < -0.39 is 0 Å². The predicted molar refractivity (Wildman–Crippen MR) is 104 cm³/mol. The standard InChI is InChI=1S/C20H22BrN3O2/c21-16-5-1-2-6-17(16)23-20(25)26-19-15-7-10-24(11-8-15)18(19)12-14-4-3-9-22-13-14/h1-6,9,13,15,18-19H,7-8,10-12H2,(H,23,25). The highest BCUT2D eigenvalue weighted by atomic mass is 79.9. The SMILES string of the molecule is O=C(Nc1ccccc1Br)OC1C2CCN(CC2)C1Cc1cccnc1. The predicted octanol–water partition coefficient (Wildman–Crippen LogP) is 4.10. The highest BCUT2D eigenvalue weighted by Gasteiger charge is 2.44. The van der Waals surface area contributed by atoms with Gasteiger partial charge in [-0.1, -0.05) is 18.2 Å². The third-order valence-electron chi connectivity index (χ3n) is 5.41. The summed E-state index contributed by atoms with van der Waals surface area (Å²) in [5, 5.41) is 2.86. The summed E-state index contributed by atoms with van der Waals surface area (Å²) in [6, 6.07) is 11.8. The van der Waals surface area contributed by atoms with Gasteiger partial charge >= 0.3 is 6.09 Å². The van der Waals surface area contributed by atoms with Gasteiger partial charge in [0.2, 0.25) is 0 Å². The van der Waals surface area contributed by atoms with Crippen LogP contribution >= 0.6 is 15.9 Å². The number of fused-ring (bicyclic) bond motifs is 3. The molecule has 0 radical (unpaired) electrons. The van der Waals surface area contributed by atoms with E-state index in [0.717, 1.165) is 42.5 Å². The van der Waals surface area contributed by atoms with Crippen LogP contribution in [0.15, 0.2) is 53.3 Å². The summed E-state index contributed by atoms with van der Waals surface area (Å²) in [6.07, 6.45) is 6.27. The van der Waals surface area contributed by atoms with Gasteiger partial charge in [0.1, 0.15) is 6.10 Å². The minimum Gasteiger partial charge on any atom is -0.444 e. The number of pyridine rings is 1. The molecule has 5 nitrogen and oxygen atoms in total. The minimum atomic E-state index is -0.383. The van der Waals surface area contributed by atoms with Gasteiger partial charge in [0.05, 0.1) is 11.7 Å². The van der Waals surface area contributed by atoms with Crippen molar-refractivity contribution in [2.24, 2.45) is 5.92 Å². The monoisotopic (exact) mass is 415 g/mol. The Kier molecular flexibility index (Phi) is 5.22. The number of nitrogens with one attached hydrogen (secondary N) is 1. The Morgan fingerprint density at radius 1 is 1.23 bits per heavy atom. The van der Waals surface area contributed by atoms with Gasteiger partial charge in [0.25, 0.3) is 0 Å². The number of benzene rings is 1. The van der Waals surface area contributed by atoms with E-state index in [4.69, 9.17) is 4.74 Å². The molecule has 136 valence electrons. The summed E-state index contributed by atoms with van der Waals surface area (Å²) < 4.78 is 6.78. The lowest BCUT2D eigenvalue weighted by Crippen LogP contribution is -2.60. The Morgan fingerprint density at radius 3 is 2.77 bits per heavy atom. The zero-order valence-corrected chi connectivity index (χ0v) is 16.1. The fourth-order valence-electron chi connectivity index (χ4n) is 4.11. The number of hydrogen-bond donors (Lipinski definition) is 1. The summed E-state index contributed by atoms with van der Waals surface area (Å²) in [6.45, 7) is 2.17. The van der Waals surface area contributed by atoms with Crippen LogP contribution in [0.4, 0.5) is 10.5 Å². The molecular weight excluding hydrogens is 394 g/mol. The number of carbonyl (C=O) groups excluding carboxylic acids is 1. The second-order valence-electron chi connectivity index (χ2n) is 6.98. The molecule has 2 unspecified atom stereocenters. The van der Waals surface area contributed by atoms with Crippen molar-refractivity contribution in [2.45, 2.75) is 31.4 Å². The highest BCUT2D eigenvalue weighted by molar-refractivity contribution is 9.10. The fraction of sp³-hybridized carbons (Fsp3) is 0.400. The smallest absolute Gasteiger partial charge is 0.411 e. The summed E-state index contributed by atoms with van der Waals surface area (Å²) in [5.41, 5.74) is 1.91. The lowest BCUT2D eigenvalue weighted by atomic mass is 9.78. The zero-order chi connectivity index (χ0) is 17.9. The number of ether oxygens (including phenoxy) is 1. The maximum Gasteiger partial charge on any atom is 0.411 e. The molecule has 1 amide bonds. The fourth-order valence-corrected chi connectivity index (χ4v) is 4.49. The number of nitrogens with zero attached hydrogens (tertiary/aromatic N) is 2. The summed E-state index contributed by atoms with van der Waals surface area (Å²) in [7, 11) is 0. The molecule has 3 aliphatic heterocycles. The minimum absolute atomic E-state index is 0.0832. The Hall–Kier alpha value is -1.92. The first kappa shape index (κ1) is 17.5. The van der Waals surface area contributed by atoms with Gasteiger partial charge in [0, 0.05) is 22.8 Å². The van der Waals surface area contributed by atoms with Crippen LogP contribution in [0.5, 0.6) is 0 Å². The lowest BCUT2D eigenvalue weighted by molar-refractivity contribution is -0.0741. The van der Waals surface area contributed by atoms with E-state index in [2.05, 4.69) is 37.2 Å². The molecule has 26 heavy (non-hydrogen) atoms. The quantitative estimate of drug-likeness (QED) is 0.816. The van der Waals surface area contributed by atoms with Crippen LogP contribution in [0, 0.1) is 5.92 Å². The number of aromatic nitrogens is 1. The molecule has 2 atom stereocenters. The number of rotatable bonds is 4. The van der Waals surface area contributed by atoms with Gasteiger partial charge < -0.3 is 4.74 Å². The van der Waals surface area contributed by atoms with Crippen molar-refractivity contribution in [3.63, 3.8) is 0 Å². The number of hydrogen-bond acceptors (Lipinski definition) is 4. The molecule has 1 aromatic carbocycles. The number of amides is 1. The molecule has 6 heteroatoms. The summed E-state index contributed by atoms with van der Waals surface area (Å²) in [4.78, 5) is 19.2. The van der Waals surface area contributed by atoms with Gasteiger partial charge in [0.15, 0.2) is 0 Å². The van der Waals surface area contributed by atoms with Gasteiger partial charge in [-0.05, 0) is 72.0 Å². The maximum absolute atomic E-state index is 12.5. The van der Waals surface area contributed by atoms with Crippen LogP contribution in [-0.4, -0.2) is 41.2 Å². The molecule has 3 fully saturated rings. The van der Waals surface area contributed by atoms with Crippen molar-refractivity contribution in [3.05, 3.63) is 58.8 Å². The van der Waals surface area contributed by atoms with Crippen LogP contribution in [0.2, 0.25) is 0 Å². The highest BCUT2D eigenvalue weighted by Crippen LogP contribution is 2.36. The van der Waals surface area contributed by atoms with Crippen LogP contribution in [0.1, 0.15) is 18.4 Å². The van der Waals surface area contributed by atoms with Crippen molar-refractivity contribution >= 4 is 27.7 Å². The van der Waals surface area contributed by atoms with E-state index in [1.54, 1.807) is 6.20 Å². The number of carbonyl (C=O) groups is 1. The van der Waals surface area contributed by atoms with E-state index in [-0.39, 0.29) is 18.2 Å². The van der Waals surface area contributed by atoms with E-state index in [9.17, 15) is 4.79 Å². The van der Waals surface area contributed by atoms with E-state index in [1.165, 1.54) is 5.56 Å². The Morgan fingerprint density at radius 2 is 2.04 bits per heavy atom. The summed E-state index contributed by atoms with van der Waals surface area (Å²) in [5.74, 6) is 0.437. The normalized spacial score (nSPS) is 27.1. The second-order valence-corrected chi connectivity index (χ2v) is 7.84.